The summed E-state index contributed by atoms with van der Waals surface area (Å²) in [6.07, 6.45) is 3.31. The molecule has 0 radical (unpaired) electrons. The van der Waals surface area contributed by atoms with E-state index in [1.807, 2.05) is 30.3 Å². The van der Waals surface area contributed by atoms with E-state index in [9.17, 15) is 9.59 Å². The Morgan fingerprint density at radius 1 is 1.04 bits per heavy atom. The largest absolute Gasteiger partial charge is 0.326 e. The van der Waals surface area contributed by atoms with E-state index in [4.69, 9.17) is 0 Å². The zero-order valence-corrected chi connectivity index (χ0v) is 16.2. The third-order valence-electron chi connectivity index (χ3n) is 3.99. The minimum Gasteiger partial charge on any atom is -0.326 e. The number of rotatable bonds is 8. The predicted molar refractivity (Wildman–Crippen MR) is 110 cm³/mol. The number of thioether (sulfide) groups is 1. The summed E-state index contributed by atoms with van der Waals surface area (Å²) in [4.78, 5) is 29.3. The van der Waals surface area contributed by atoms with Gasteiger partial charge in [-0.1, -0.05) is 18.2 Å². The van der Waals surface area contributed by atoms with Gasteiger partial charge in [-0.2, -0.15) is 5.10 Å². The molecule has 0 aliphatic heterocycles. The molecule has 0 aliphatic carbocycles. The lowest BCUT2D eigenvalue weighted by Crippen LogP contribution is -2.24. The van der Waals surface area contributed by atoms with Crippen molar-refractivity contribution < 1.29 is 9.59 Å². The first-order valence-corrected chi connectivity index (χ1v) is 9.83. The molecule has 8 heteroatoms. The first kappa shape index (κ1) is 19.6. The standard InChI is InChI=1S/C20H21N5O2S/c1-15(25-14-21-13-22-25)20(27)24-17-9-7-16(8-10-17)23-19(26)11-12-28-18-5-3-2-4-6-18/h2-10,13-15H,11-12H2,1H3,(H,23,26)(H,24,27). The first-order chi connectivity index (χ1) is 13.6. The molecule has 1 atom stereocenters. The second-order valence-corrected chi connectivity index (χ2v) is 7.25. The third kappa shape index (κ3) is 5.68. The molecule has 3 rings (SSSR count). The van der Waals surface area contributed by atoms with Crippen molar-refractivity contribution in [2.45, 2.75) is 24.3 Å². The smallest absolute Gasteiger partial charge is 0.249 e. The van der Waals surface area contributed by atoms with Gasteiger partial charge in [0.25, 0.3) is 0 Å². The number of carbonyl (C=O) groups excluding carboxylic acids is 2. The van der Waals surface area contributed by atoms with Gasteiger partial charge in [-0.3, -0.25) is 9.59 Å². The average molecular weight is 395 g/mol. The maximum Gasteiger partial charge on any atom is 0.249 e. The Morgan fingerprint density at radius 3 is 2.36 bits per heavy atom. The van der Waals surface area contributed by atoms with Crippen molar-refractivity contribution in [3.63, 3.8) is 0 Å². The molecular weight excluding hydrogens is 374 g/mol. The lowest BCUT2D eigenvalue weighted by molar-refractivity contribution is -0.119. The van der Waals surface area contributed by atoms with E-state index < -0.39 is 6.04 Å². The summed E-state index contributed by atoms with van der Waals surface area (Å²) in [5, 5.41) is 9.65. The van der Waals surface area contributed by atoms with Crippen LogP contribution in [0.15, 0.2) is 72.1 Å². The highest BCUT2D eigenvalue weighted by Gasteiger charge is 2.15. The van der Waals surface area contributed by atoms with Crippen LogP contribution in [0.4, 0.5) is 11.4 Å². The summed E-state index contributed by atoms with van der Waals surface area (Å²) in [7, 11) is 0. The molecule has 3 aromatic rings. The number of carbonyl (C=O) groups is 2. The molecule has 2 aromatic carbocycles. The fraction of sp³-hybridized carbons (Fsp3) is 0.200. The molecular formula is C20H21N5O2S. The molecule has 1 heterocycles. The van der Waals surface area contributed by atoms with Crippen molar-refractivity contribution in [3.05, 3.63) is 67.3 Å². The number of anilines is 2. The number of hydrogen-bond acceptors (Lipinski definition) is 5. The summed E-state index contributed by atoms with van der Waals surface area (Å²) in [6, 6.07) is 16.5. The average Bonchev–Trinajstić information content (AvgIpc) is 3.24. The summed E-state index contributed by atoms with van der Waals surface area (Å²) < 4.78 is 1.48. The third-order valence-corrected chi connectivity index (χ3v) is 5.00. The molecule has 0 bridgehead atoms. The van der Waals surface area contributed by atoms with Crippen LogP contribution < -0.4 is 10.6 Å². The summed E-state index contributed by atoms with van der Waals surface area (Å²) in [5.74, 6) is 0.477. The van der Waals surface area contributed by atoms with Gasteiger partial charge >= 0.3 is 0 Å². The molecule has 7 nitrogen and oxygen atoms in total. The fourth-order valence-electron chi connectivity index (χ4n) is 2.42. The van der Waals surface area contributed by atoms with Crippen LogP contribution in [0.3, 0.4) is 0 Å². The SMILES string of the molecule is CC(C(=O)Nc1ccc(NC(=O)CCSc2ccccc2)cc1)n1cncn1. The van der Waals surface area contributed by atoms with Gasteiger partial charge in [0.1, 0.15) is 18.7 Å². The number of nitrogens with zero attached hydrogens (tertiary/aromatic N) is 3. The van der Waals surface area contributed by atoms with Gasteiger partial charge in [-0.05, 0) is 43.3 Å². The number of hydrogen-bond donors (Lipinski definition) is 2. The van der Waals surface area contributed by atoms with E-state index in [1.165, 1.54) is 17.3 Å². The quantitative estimate of drug-likeness (QED) is 0.569. The van der Waals surface area contributed by atoms with E-state index in [1.54, 1.807) is 43.0 Å². The van der Waals surface area contributed by atoms with Crippen molar-refractivity contribution >= 4 is 35.0 Å². The minimum absolute atomic E-state index is 0.0416. The molecule has 144 valence electrons. The number of aromatic nitrogens is 3. The molecule has 2 N–H and O–H groups in total. The zero-order valence-electron chi connectivity index (χ0n) is 15.4. The topological polar surface area (TPSA) is 88.9 Å². The van der Waals surface area contributed by atoms with Crippen LogP contribution >= 0.6 is 11.8 Å². The highest BCUT2D eigenvalue weighted by molar-refractivity contribution is 7.99. The van der Waals surface area contributed by atoms with Gasteiger partial charge in [0.15, 0.2) is 0 Å². The summed E-state index contributed by atoms with van der Waals surface area (Å²) in [6.45, 7) is 1.74. The van der Waals surface area contributed by atoms with E-state index >= 15 is 0 Å². The van der Waals surface area contributed by atoms with Crippen LogP contribution in [0, 0.1) is 0 Å². The van der Waals surface area contributed by atoms with E-state index in [0.717, 1.165) is 4.90 Å². The van der Waals surface area contributed by atoms with E-state index in [-0.39, 0.29) is 11.8 Å². The van der Waals surface area contributed by atoms with E-state index in [2.05, 4.69) is 20.7 Å². The van der Waals surface area contributed by atoms with Crippen LogP contribution in [-0.4, -0.2) is 32.3 Å². The molecule has 0 fully saturated rings. The van der Waals surface area contributed by atoms with Crippen LogP contribution in [0.2, 0.25) is 0 Å². The Morgan fingerprint density at radius 2 is 1.71 bits per heavy atom. The molecule has 2 amide bonds. The van der Waals surface area contributed by atoms with Crippen molar-refractivity contribution in [3.8, 4) is 0 Å². The van der Waals surface area contributed by atoms with Crippen molar-refractivity contribution in [2.75, 3.05) is 16.4 Å². The maximum atomic E-state index is 12.2. The molecule has 1 unspecified atom stereocenters. The maximum absolute atomic E-state index is 12.2. The number of nitrogens with one attached hydrogen (secondary N) is 2. The Balaban J connectivity index is 1.44. The molecule has 1 aromatic heterocycles. The normalized spacial score (nSPS) is 11.6. The molecule has 0 aliphatic rings. The Kier molecular flexibility index (Phi) is 6.80. The van der Waals surface area contributed by atoms with Crippen LogP contribution in [0.5, 0.6) is 0 Å². The second kappa shape index (κ2) is 9.70. The highest BCUT2D eigenvalue weighted by Crippen LogP contribution is 2.19. The van der Waals surface area contributed by atoms with Crippen molar-refractivity contribution in [1.29, 1.82) is 0 Å². The fourth-order valence-corrected chi connectivity index (χ4v) is 3.30. The lowest BCUT2D eigenvalue weighted by atomic mass is 10.2. The monoisotopic (exact) mass is 395 g/mol. The molecule has 28 heavy (non-hydrogen) atoms. The Hall–Kier alpha value is -3.13. The molecule has 0 saturated carbocycles. The van der Waals surface area contributed by atoms with E-state index in [0.29, 0.717) is 23.5 Å². The minimum atomic E-state index is -0.469. The number of benzene rings is 2. The van der Waals surface area contributed by atoms with Gasteiger partial charge in [-0.15, -0.1) is 11.8 Å². The zero-order chi connectivity index (χ0) is 19.8. The molecule has 0 saturated heterocycles. The Labute approximate surface area is 167 Å². The van der Waals surface area contributed by atoms with Crippen LogP contribution in [0.1, 0.15) is 19.4 Å². The van der Waals surface area contributed by atoms with Gasteiger partial charge in [0.2, 0.25) is 11.8 Å². The van der Waals surface area contributed by atoms with Crippen LogP contribution in [0.25, 0.3) is 0 Å². The van der Waals surface area contributed by atoms with Gasteiger partial charge in [0.05, 0.1) is 0 Å². The predicted octanol–water partition coefficient (Wildman–Crippen LogP) is 3.60. The molecule has 0 spiro atoms. The van der Waals surface area contributed by atoms with Crippen molar-refractivity contribution in [1.82, 2.24) is 14.8 Å². The van der Waals surface area contributed by atoms with Crippen molar-refractivity contribution in [2.24, 2.45) is 0 Å². The summed E-state index contributed by atoms with van der Waals surface area (Å²) in [5.41, 5.74) is 1.34. The second-order valence-electron chi connectivity index (χ2n) is 6.08. The highest BCUT2D eigenvalue weighted by atomic mass is 32.2. The summed E-state index contributed by atoms with van der Waals surface area (Å²) >= 11 is 1.65. The van der Waals surface area contributed by atoms with Gasteiger partial charge in [-0.25, -0.2) is 9.67 Å². The van der Waals surface area contributed by atoms with Gasteiger partial charge < -0.3 is 10.6 Å². The first-order valence-electron chi connectivity index (χ1n) is 8.84. The lowest BCUT2D eigenvalue weighted by Gasteiger charge is -2.12. The number of amides is 2. The Bertz CT molecular complexity index is 898. The van der Waals surface area contributed by atoms with Crippen LogP contribution in [-0.2, 0) is 9.59 Å². The van der Waals surface area contributed by atoms with Gasteiger partial charge in [0, 0.05) is 28.4 Å².